The molecule has 0 fully saturated rings. The summed E-state index contributed by atoms with van der Waals surface area (Å²) in [6.07, 6.45) is 3.22. The molecule has 3 aromatic carbocycles. The minimum Gasteiger partial charge on any atom is -0.507 e. The first kappa shape index (κ1) is 30.3. The van der Waals surface area contributed by atoms with Gasteiger partial charge in [-0.15, -0.1) is 11.6 Å². The molecular weight excluding hydrogens is 626 g/mol. The fourth-order valence-corrected chi connectivity index (χ4v) is 7.51. The van der Waals surface area contributed by atoms with Gasteiger partial charge in [0.15, 0.2) is 11.5 Å². The average Bonchev–Trinajstić information content (AvgIpc) is 3.72. The number of phenols is 1. The molecule has 46 heavy (non-hydrogen) atoms. The van der Waals surface area contributed by atoms with Crippen LogP contribution < -0.4 is 14.4 Å². The molecule has 0 bridgehead atoms. The van der Waals surface area contributed by atoms with Gasteiger partial charge in [-0.3, -0.25) is 14.6 Å². The third-order valence-corrected chi connectivity index (χ3v) is 9.94. The van der Waals surface area contributed by atoms with Crippen LogP contribution >= 0.6 is 22.9 Å². The number of aliphatic hydroxyl groups excluding tert-OH is 1. The number of hydrogen-bond donors (Lipinski definition) is 2. The Morgan fingerprint density at radius 1 is 1.17 bits per heavy atom. The van der Waals surface area contributed by atoms with Crippen molar-refractivity contribution in [3.05, 3.63) is 82.1 Å². The summed E-state index contributed by atoms with van der Waals surface area (Å²) in [5.74, 6) is 0.462. The predicted molar refractivity (Wildman–Crippen MR) is 180 cm³/mol. The summed E-state index contributed by atoms with van der Waals surface area (Å²) in [5.41, 5.74) is 4.74. The fourth-order valence-electron chi connectivity index (χ4n) is 6.58. The first-order chi connectivity index (χ1) is 22.4. The van der Waals surface area contributed by atoms with E-state index in [4.69, 9.17) is 21.1 Å². The van der Waals surface area contributed by atoms with Gasteiger partial charge in [0.2, 0.25) is 5.91 Å². The highest BCUT2D eigenvalue weighted by atomic mass is 35.5. The Labute approximate surface area is 274 Å². The highest BCUT2D eigenvalue weighted by molar-refractivity contribution is 7.08. The van der Waals surface area contributed by atoms with Gasteiger partial charge in [-0.05, 0) is 51.4 Å². The number of nitrogens with zero attached hydrogens (tertiary/aromatic N) is 3. The number of aliphatic imine (C=N–C) groups is 1. The number of methoxy groups -OCH3 is 1. The van der Waals surface area contributed by atoms with E-state index in [1.807, 2.05) is 29.6 Å². The van der Waals surface area contributed by atoms with Gasteiger partial charge >= 0.3 is 0 Å². The van der Waals surface area contributed by atoms with Gasteiger partial charge in [0, 0.05) is 48.6 Å². The maximum atomic E-state index is 13.6. The zero-order chi connectivity index (χ0) is 31.9. The zero-order valence-corrected chi connectivity index (χ0v) is 26.6. The number of hydrogen-bond acceptors (Lipinski definition) is 8. The second-order valence-corrected chi connectivity index (χ2v) is 12.8. The molecule has 2 N–H and O–H groups in total. The molecule has 7 rings (SSSR count). The van der Waals surface area contributed by atoms with Gasteiger partial charge in [0.1, 0.15) is 12.4 Å². The number of phenolic OH excluding ortho intramolecular Hbond substituents is 1. The largest absolute Gasteiger partial charge is 0.507 e. The minimum atomic E-state index is -1.13. The van der Waals surface area contributed by atoms with E-state index in [1.165, 1.54) is 18.2 Å². The molecule has 3 atom stereocenters. The Morgan fingerprint density at radius 3 is 2.76 bits per heavy atom. The SMILES string of the molecule is COc1cc2c(cc1OC[C@@H](O)CC(=O)N1C[C@@H](CCl)c3c1cc(O)c1ccccc31)N=C[C@@H]1CC(c3ccsc3)=CCN1C2=O. The molecule has 1 aromatic heterocycles. The van der Waals surface area contributed by atoms with Crippen LogP contribution in [0.25, 0.3) is 16.3 Å². The Kier molecular flexibility index (Phi) is 8.18. The van der Waals surface area contributed by atoms with Crippen LogP contribution in [0.15, 0.2) is 70.4 Å². The van der Waals surface area contributed by atoms with Crippen molar-refractivity contribution >= 4 is 68.7 Å². The highest BCUT2D eigenvalue weighted by Crippen LogP contribution is 2.45. The first-order valence-corrected chi connectivity index (χ1v) is 16.5. The van der Waals surface area contributed by atoms with Crippen molar-refractivity contribution in [3.63, 3.8) is 0 Å². The van der Waals surface area contributed by atoms with Crippen LogP contribution in [0.3, 0.4) is 0 Å². The van der Waals surface area contributed by atoms with Crippen molar-refractivity contribution in [1.29, 1.82) is 0 Å². The Morgan fingerprint density at radius 2 is 2.00 bits per heavy atom. The van der Waals surface area contributed by atoms with Crippen molar-refractivity contribution in [2.75, 3.05) is 37.6 Å². The monoisotopic (exact) mass is 657 g/mol. The van der Waals surface area contributed by atoms with Crippen molar-refractivity contribution < 1.29 is 29.3 Å². The van der Waals surface area contributed by atoms with E-state index in [2.05, 4.69) is 22.5 Å². The van der Waals surface area contributed by atoms with Gasteiger partial charge in [-0.25, -0.2) is 0 Å². The van der Waals surface area contributed by atoms with E-state index >= 15 is 0 Å². The van der Waals surface area contributed by atoms with E-state index in [0.717, 1.165) is 10.9 Å². The van der Waals surface area contributed by atoms with Crippen LogP contribution in [0.1, 0.15) is 40.2 Å². The number of carbonyl (C=O) groups is 2. The third kappa shape index (κ3) is 5.40. The molecule has 0 spiro atoms. The van der Waals surface area contributed by atoms with E-state index in [-0.39, 0.29) is 42.6 Å². The molecule has 9 nitrogen and oxygen atoms in total. The van der Waals surface area contributed by atoms with Crippen LogP contribution in [-0.4, -0.2) is 78.0 Å². The number of carbonyl (C=O) groups excluding carboxylic acids is 2. The molecular formula is C35H32ClN3O6S. The summed E-state index contributed by atoms with van der Waals surface area (Å²) in [6, 6.07) is 14.2. The lowest BCUT2D eigenvalue weighted by molar-refractivity contribution is -0.120. The summed E-state index contributed by atoms with van der Waals surface area (Å²) in [5, 5.41) is 27.3. The molecule has 4 heterocycles. The van der Waals surface area contributed by atoms with E-state index in [0.29, 0.717) is 59.2 Å². The normalized spacial score (nSPS) is 19.3. The second kappa shape index (κ2) is 12.4. The molecule has 3 aliphatic heterocycles. The molecule has 0 radical (unpaired) electrons. The van der Waals surface area contributed by atoms with Gasteiger partial charge in [-0.2, -0.15) is 11.3 Å². The summed E-state index contributed by atoms with van der Waals surface area (Å²) in [4.78, 5) is 35.1. The van der Waals surface area contributed by atoms with Crippen molar-refractivity contribution in [1.82, 2.24) is 4.90 Å². The smallest absolute Gasteiger partial charge is 0.257 e. The van der Waals surface area contributed by atoms with Gasteiger partial charge in [0.05, 0.1) is 42.6 Å². The number of aliphatic hydroxyl groups is 1. The fraction of sp³-hybridized carbons (Fsp3) is 0.286. The number of alkyl halides is 1. The molecule has 0 saturated carbocycles. The van der Waals surface area contributed by atoms with Crippen LogP contribution in [0.5, 0.6) is 17.2 Å². The second-order valence-electron chi connectivity index (χ2n) is 11.7. The number of aromatic hydroxyl groups is 1. The molecule has 2 amide bonds. The molecule has 4 aromatic rings. The molecule has 0 saturated heterocycles. The molecule has 0 unspecified atom stereocenters. The number of anilines is 1. The number of ether oxygens (including phenoxy) is 2. The Hall–Kier alpha value is -4.38. The Bertz CT molecular complexity index is 1890. The lowest BCUT2D eigenvalue weighted by Gasteiger charge is -2.32. The third-order valence-electron chi connectivity index (χ3n) is 8.89. The van der Waals surface area contributed by atoms with Crippen molar-refractivity contribution in [2.24, 2.45) is 4.99 Å². The van der Waals surface area contributed by atoms with Crippen LogP contribution in [0, 0.1) is 0 Å². The number of amides is 2. The van der Waals surface area contributed by atoms with Gasteiger partial charge in [0.25, 0.3) is 5.91 Å². The topological polar surface area (TPSA) is 112 Å². The minimum absolute atomic E-state index is 0.0814. The highest BCUT2D eigenvalue weighted by Gasteiger charge is 2.35. The van der Waals surface area contributed by atoms with E-state index in [1.54, 1.807) is 45.6 Å². The standard InChI is InChI=1S/C35H32ClN3O6S/c1-44-31-12-27-28(37-16-23-10-20(21-7-9-46-19-21)6-8-38(23)35(27)43)13-32(31)45-18-24(40)11-33(42)39-17-22(15-36)34-26-5-3-2-4-25(26)30(41)14-29(34)39/h2-7,9,12-14,16,19,22-24,40-41H,8,10-11,15,17-18H2,1H3/t22-,23+,24+/m1/s1. The van der Waals surface area contributed by atoms with Crippen LogP contribution in [0.4, 0.5) is 11.4 Å². The van der Waals surface area contributed by atoms with E-state index in [9.17, 15) is 19.8 Å². The van der Waals surface area contributed by atoms with Crippen LogP contribution in [0.2, 0.25) is 0 Å². The maximum Gasteiger partial charge on any atom is 0.257 e. The molecule has 3 aliphatic rings. The lowest BCUT2D eigenvalue weighted by atomic mass is 9.95. The van der Waals surface area contributed by atoms with Gasteiger partial charge < -0.3 is 29.5 Å². The summed E-state index contributed by atoms with van der Waals surface area (Å²) < 4.78 is 11.5. The van der Waals surface area contributed by atoms with Crippen molar-refractivity contribution in [2.45, 2.75) is 30.9 Å². The van der Waals surface area contributed by atoms with Crippen LogP contribution in [-0.2, 0) is 4.79 Å². The molecule has 11 heteroatoms. The number of thiophene rings is 1. The maximum absolute atomic E-state index is 13.6. The lowest BCUT2D eigenvalue weighted by Crippen LogP contribution is -2.43. The number of rotatable bonds is 8. The molecule has 0 aliphatic carbocycles. The van der Waals surface area contributed by atoms with Crippen molar-refractivity contribution in [3.8, 4) is 17.2 Å². The van der Waals surface area contributed by atoms with E-state index < -0.39 is 6.10 Å². The number of fused-ring (bicyclic) bond motifs is 5. The predicted octanol–water partition coefficient (Wildman–Crippen LogP) is 6.13. The first-order valence-electron chi connectivity index (χ1n) is 15.1. The zero-order valence-electron chi connectivity index (χ0n) is 25.1. The quantitative estimate of drug-likeness (QED) is 0.221. The average molecular weight is 658 g/mol. The Balaban J connectivity index is 1.06. The number of benzene rings is 3. The van der Waals surface area contributed by atoms with Gasteiger partial charge in [-0.1, -0.05) is 30.3 Å². The molecule has 236 valence electrons. The summed E-state index contributed by atoms with van der Waals surface area (Å²) >= 11 is 7.95. The summed E-state index contributed by atoms with van der Waals surface area (Å²) in [6.45, 7) is 0.638. The summed E-state index contributed by atoms with van der Waals surface area (Å²) in [7, 11) is 1.48. The number of halogens is 1.